The molecule has 3 saturated carbocycles. The van der Waals surface area contributed by atoms with Crippen LogP contribution in [0.4, 0.5) is 10.1 Å². The van der Waals surface area contributed by atoms with Crippen LogP contribution in [-0.4, -0.2) is 4.92 Å². The molecule has 0 spiro atoms. The average molecular weight is 422 g/mol. The first kappa shape index (κ1) is 21.7. The first-order chi connectivity index (χ1) is 15.0. The SMILES string of the molecule is CCCCCC12CCC(c3ccc(/C=C/c4ccc([N+](=O)[O-])cc4F)cc3)(CC1)CC2. The molecule has 4 heteroatoms. The molecule has 0 saturated heterocycles. The Kier molecular flexibility index (Phi) is 6.27. The normalized spacial score (nSPS) is 25.2. The number of non-ortho nitro benzene ring substituents is 1. The number of nitro benzene ring substituents is 1. The van der Waals surface area contributed by atoms with E-state index in [1.165, 1.54) is 81.9 Å². The molecule has 164 valence electrons. The van der Waals surface area contributed by atoms with Gasteiger partial charge in [0.2, 0.25) is 0 Å². The maximum atomic E-state index is 14.1. The lowest BCUT2D eigenvalue weighted by atomic mass is 9.51. The largest absolute Gasteiger partial charge is 0.272 e. The van der Waals surface area contributed by atoms with Gasteiger partial charge in [-0.05, 0) is 73.0 Å². The Morgan fingerprint density at radius 3 is 2.23 bits per heavy atom. The van der Waals surface area contributed by atoms with Crippen LogP contribution in [0.3, 0.4) is 0 Å². The highest BCUT2D eigenvalue weighted by Crippen LogP contribution is 2.59. The minimum absolute atomic E-state index is 0.229. The molecule has 2 bridgehead atoms. The van der Waals surface area contributed by atoms with Gasteiger partial charge >= 0.3 is 0 Å². The van der Waals surface area contributed by atoms with Crippen LogP contribution in [0.25, 0.3) is 12.2 Å². The smallest absolute Gasteiger partial charge is 0.258 e. The Bertz CT molecular complexity index is 939. The summed E-state index contributed by atoms with van der Waals surface area (Å²) >= 11 is 0. The zero-order valence-corrected chi connectivity index (χ0v) is 18.4. The number of hydrogen-bond donors (Lipinski definition) is 0. The van der Waals surface area contributed by atoms with E-state index >= 15 is 0 Å². The molecule has 2 aromatic rings. The summed E-state index contributed by atoms with van der Waals surface area (Å²) in [6, 6.07) is 12.5. The molecule has 3 fully saturated rings. The Morgan fingerprint density at radius 2 is 1.65 bits per heavy atom. The predicted octanol–water partition coefficient (Wildman–Crippen LogP) is 8.08. The van der Waals surface area contributed by atoms with Crippen molar-refractivity contribution in [3.8, 4) is 0 Å². The minimum Gasteiger partial charge on any atom is -0.258 e. The van der Waals surface area contributed by atoms with E-state index in [1.807, 2.05) is 6.08 Å². The first-order valence-corrected chi connectivity index (χ1v) is 11.7. The van der Waals surface area contributed by atoms with Crippen LogP contribution in [0.2, 0.25) is 0 Å². The van der Waals surface area contributed by atoms with Gasteiger partial charge in [0, 0.05) is 11.6 Å². The van der Waals surface area contributed by atoms with E-state index in [0.717, 1.165) is 11.6 Å². The molecular formula is C27H32FNO2. The number of nitro groups is 1. The molecule has 3 nitrogen and oxygen atoms in total. The predicted molar refractivity (Wildman–Crippen MR) is 124 cm³/mol. The van der Waals surface area contributed by atoms with Crippen LogP contribution in [0.5, 0.6) is 0 Å². The van der Waals surface area contributed by atoms with Crippen molar-refractivity contribution in [1.29, 1.82) is 0 Å². The molecule has 0 amide bonds. The highest BCUT2D eigenvalue weighted by atomic mass is 19.1. The second-order valence-corrected chi connectivity index (χ2v) is 9.66. The van der Waals surface area contributed by atoms with Crippen LogP contribution < -0.4 is 0 Å². The topological polar surface area (TPSA) is 43.1 Å². The van der Waals surface area contributed by atoms with Gasteiger partial charge in [0.05, 0.1) is 11.0 Å². The molecule has 0 N–H and O–H groups in total. The molecule has 31 heavy (non-hydrogen) atoms. The molecule has 0 heterocycles. The number of rotatable bonds is 8. The summed E-state index contributed by atoms with van der Waals surface area (Å²) in [4.78, 5) is 10.2. The second-order valence-electron chi connectivity index (χ2n) is 9.66. The zero-order chi connectivity index (χ0) is 21.9. The molecule has 0 aromatic heterocycles. The fourth-order valence-electron chi connectivity index (χ4n) is 5.72. The van der Waals surface area contributed by atoms with Gasteiger partial charge < -0.3 is 0 Å². The van der Waals surface area contributed by atoms with E-state index in [9.17, 15) is 14.5 Å². The molecule has 2 aromatic carbocycles. The number of hydrogen-bond acceptors (Lipinski definition) is 2. The molecule has 0 unspecified atom stereocenters. The van der Waals surface area contributed by atoms with Gasteiger partial charge in [-0.15, -0.1) is 0 Å². The highest BCUT2D eigenvalue weighted by Gasteiger charge is 2.48. The molecular weight excluding hydrogens is 389 g/mol. The minimum atomic E-state index is -0.583. The van der Waals surface area contributed by atoms with E-state index in [2.05, 4.69) is 31.2 Å². The van der Waals surface area contributed by atoms with E-state index in [0.29, 0.717) is 16.4 Å². The molecule has 3 aliphatic rings. The van der Waals surface area contributed by atoms with Crippen molar-refractivity contribution in [2.24, 2.45) is 5.41 Å². The van der Waals surface area contributed by atoms with Crippen LogP contribution in [0.15, 0.2) is 42.5 Å². The monoisotopic (exact) mass is 421 g/mol. The van der Waals surface area contributed by atoms with Crippen molar-refractivity contribution in [3.63, 3.8) is 0 Å². The van der Waals surface area contributed by atoms with Crippen molar-refractivity contribution >= 4 is 17.8 Å². The van der Waals surface area contributed by atoms with Crippen LogP contribution in [0, 0.1) is 21.3 Å². The molecule has 0 radical (unpaired) electrons. The Morgan fingerprint density at radius 1 is 0.968 bits per heavy atom. The van der Waals surface area contributed by atoms with E-state index in [-0.39, 0.29) is 5.69 Å². The third-order valence-electron chi connectivity index (χ3n) is 7.89. The summed E-state index contributed by atoms with van der Waals surface area (Å²) in [7, 11) is 0. The van der Waals surface area contributed by atoms with E-state index in [4.69, 9.17) is 0 Å². The van der Waals surface area contributed by atoms with Crippen LogP contribution >= 0.6 is 0 Å². The summed E-state index contributed by atoms with van der Waals surface area (Å²) in [6.45, 7) is 2.28. The number of benzene rings is 2. The summed E-state index contributed by atoms with van der Waals surface area (Å²) in [5, 5.41) is 10.8. The maximum Gasteiger partial charge on any atom is 0.272 e. The number of nitrogens with zero attached hydrogens (tertiary/aromatic N) is 1. The zero-order valence-electron chi connectivity index (χ0n) is 18.4. The van der Waals surface area contributed by atoms with Gasteiger partial charge in [-0.25, -0.2) is 4.39 Å². The van der Waals surface area contributed by atoms with Crippen LogP contribution in [0.1, 0.15) is 87.8 Å². The average Bonchev–Trinajstić information content (AvgIpc) is 2.80. The van der Waals surface area contributed by atoms with Gasteiger partial charge in [0.25, 0.3) is 5.69 Å². The van der Waals surface area contributed by atoms with Crippen molar-refractivity contribution in [2.45, 2.75) is 76.5 Å². The third-order valence-corrected chi connectivity index (χ3v) is 7.89. The molecule has 3 aliphatic carbocycles. The lowest BCUT2D eigenvalue weighted by Gasteiger charge is -2.54. The van der Waals surface area contributed by atoms with Gasteiger partial charge in [-0.2, -0.15) is 0 Å². The molecule has 0 atom stereocenters. The number of fused-ring (bicyclic) bond motifs is 3. The quantitative estimate of drug-likeness (QED) is 0.187. The maximum absolute atomic E-state index is 14.1. The molecule has 0 aliphatic heterocycles. The number of halogens is 1. The second kappa shape index (κ2) is 8.94. The van der Waals surface area contributed by atoms with E-state index in [1.54, 1.807) is 6.08 Å². The lowest BCUT2D eigenvalue weighted by molar-refractivity contribution is -0.385. The molecule has 5 rings (SSSR count). The Labute approximate surface area is 184 Å². The van der Waals surface area contributed by atoms with Crippen LogP contribution in [-0.2, 0) is 5.41 Å². The lowest BCUT2D eigenvalue weighted by Crippen LogP contribution is -2.44. The van der Waals surface area contributed by atoms with Gasteiger partial charge in [-0.1, -0.05) is 62.6 Å². The third kappa shape index (κ3) is 4.58. The van der Waals surface area contributed by atoms with Gasteiger partial charge in [0.1, 0.15) is 5.82 Å². The van der Waals surface area contributed by atoms with Gasteiger partial charge in [0.15, 0.2) is 0 Å². The first-order valence-electron chi connectivity index (χ1n) is 11.7. The summed E-state index contributed by atoms with van der Waals surface area (Å²) < 4.78 is 14.1. The standard InChI is InChI=1S/C27H32FNO2/c1-2-3-4-13-26-14-17-27(18-15-26,19-16-26)23-10-6-21(7-11-23)5-8-22-9-12-24(29(30)31)20-25(22)28/h5-12,20H,2-4,13-19H2,1H3/b8-5+. The fraction of sp³-hybridized carbons (Fsp3) is 0.481. The van der Waals surface area contributed by atoms with Crippen molar-refractivity contribution in [1.82, 2.24) is 0 Å². The van der Waals surface area contributed by atoms with E-state index < -0.39 is 10.7 Å². The van der Waals surface area contributed by atoms with Gasteiger partial charge in [-0.3, -0.25) is 10.1 Å². The van der Waals surface area contributed by atoms with Crippen molar-refractivity contribution in [2.75, 3.05) is 0 Å². The number of unbranched alkanes of at least 4 members (excludes halogenated alkanes) is 2. The Hall–Kier alpha value is -2.49. The van der Waals surface area contributed by atoms with Crippen molar-refractivity contribution < 1.29 is 9.31 Å². The summed E-state index contributed by atoms with van der Waals surface area (Å²) in [5.74, 6) is -0.576. The summed E-state index contributed by atoms with van der Waals surface area (Å²) in [5.41, 5.74) is 3.56. The Balaban J connectivity index is 1.41. The fourth-order valence-corrected chi connectivity index (χ4v) is 5.72. The van der Waals surface area contributed by atoms with Crippen molar-refractivity contribution in [3.05, 3.63) is 75.1 Å². The summed E-state index contributed by atoms with van der Waals surface area (Å²) in [6.07, 6.45) is 17.1. The highest BCUT2D eigenvalue weighted by molar-refractivity contribution is 5.70.